The number of ether oxygens (including phenoxy) is 1. The first-order valence-electron chi connectivity index (χ1n) is 5.46. The second-order valence-electron chi connectivity index (χ2n) is 3.94. The van der Waals surface area contributed by atoms with Crippen LogP contribution in [0, 0.1) is 0 Å². The Bertz CT molecular complexity index is 165. The predicted molar refractivity (Wildman–Crippen MR) is 51.7 cm³/mol. The first kappa shape index (κ1) is 12.8. The van der Waals surface area contributed by atoms with Crippen LogP contribution in [0.2, 0.25) is 0 Å². The number of alkyl halides is 3. The maximum Gasteiger partial charge on any atom is 0.391 e. The third kappa shape index (κ3) is 6.73. The molecule has 1 N–H and O–H groups in total. The van der Waals surface area contributed by atoms with Gasteiger partial charge in [-0.2, -0.15) is 13.2 Å². The molecule has 15 heavy (non-hydrogen) atoms. The van der Waals surface area contributed by atoms with E-state index in [9.17, 15) is 13.2 Å². The third-order valence-corrected chi connectivity index (χ3v) is 2.51. The van der Waals surface area contributed by atoms with Gasteiger partial charge in [-0.05, 0) is 19.4 Å². The fraction of sp³-hybridized carbons (Fsp3) is 1.00. The fourth-order valence-corrected chi connectivity index (χ4v) is 1.66. The van der Waals surface area contributed by atoms with Crippen molar-refractivity contribution in [2.45, 2.75) is 44.3 Å². The highest BCUT2D eigenvalue weighted by atomic mass is 19.4. The zero-order valence-electron chi connectivity index (χ0n) is 8.78. The average Bonchev–Trinajstić information content (AvgIpc) is 2.39. The molecule has 0 saturated carbocycles. The first-order valence-corrected chi connectivity index (χ1v) is 5.46. The van der Waals surface area contributed by atoms with Crippen LogP contribution < -0.4 is 5.32 Å². The lowest BCUT2D eigenvalue weighted by atomic mass is 10.1. The Labute approximate surface area is 88.2 Å². The van der Waals surface area contributed by atoms with Crippen molar-refractivity contribution in [3.63, 3.8) is 0 Å². The molecular weight excluding hydrogens is 207 g/mol. The Morgan fingerprint density at radius 1 is 1.20 bits per heavy atom. The summed E-state index contributed by atoms with van der Waals surface area (Å²) in [5.74, 6) is 0. The lowest BCUT2D eigenvalue weighted by Gasteiger charge is -2.16. The summed E-state index contributed by atoms with van der Waals surface area (Å²) < 4.78 is 40.4. The molecule has 0 amide bonds. The number of nitrogens with one attached hydrogen (secondary N) is 1. The van der Waals surface area contributed by atoms with Crippen LogP contribution >= 0.6 is 0 Å². The van der Waals surface area contributed by atoms with E-state index in [0.29, 0.717) is 6.61 Å². The molecule has 90 valence electrons. The summed E-state index contributed by atoms with van der Waals surface area (Å²) >= 11 is 0. The molecule has 1 heterocycles. The summed E-state index contributed by atoms with van der Waals surface area (Å²) in [6.07, 6.45) is -0.450. The minimum Gasteiger partial charge on any atom is -0.379 e. The summed E-state index contributed by atoms with van der Waals surface area (Å²) in [6, 6.07) is 0.237. The van der Waals surface area contributed by atoms with Gasteiger partial charge in [0.05, 0.1) is 19.6 Å². The van der Waals surface area contributed by atoms with Crippen LogP contribution in [0.15, 0.2) is 0 Å². The first-order chi connectivity index (χ1) is 7.08. The molecule has 1 aliphatic rings. The van der Waals surface area contributed by atoms with E-state index in [4.69, 9.17) is 4.74 Å². The minimum absolute atomic E-state index is 0.221. The van der Waals surface area contributed by atoms with Gasteiger partial charge in [0.1, 0.15) is 0 Å². The highest BCUT2D eigenvalue weighted by Crippen LogP contribution is 2.19. The zero-order chi connectivity index (χ0) is 11.1. The Morgan fingerprint density at radius 2 is 2.00 bits per heavy atom. The molecule has 0 aromatic heterocycles. The van der Waals surface area contributed by atoms with Crippen LogP contribution in [-0.4, -0.2) is 32.0 Å². The Kier molecular flexibility index (Phi) is 5.39. The van der Waals surface area contributed by atoms with Gasteiger partial charge in [0.15, 0.2) is 0 Å². The molecule has 5 heteroatoms. The van der Waals surface area contributed by atoms with E-state index in [1.54, 1.807) is 0 Å². The maximum absolute atomic E-state index is 11.8. The smallest absolute Gasteiger partial charge is 0.379 e. The van der Waals surface area contributed by atoms with Crippen LogP contribution in [0.3, 0.4) is 0 Å². The molecule has 0 radical (unpaired) electrons. The van der Waals surface area contributed by atoms with E-state index >= 15 is 0 Å². The van der Waals surface area contributed by atoms with Crippen LogP contribution in [0.1, 0.15) is 32.1 Å². The van der Waals surface area contributed by atoms with Crippen molar-refractivity contribution < 1.29 is 17.9 Å². The lowest BCUT2D eigenvalue weighted by molar-refractivity contribution is -0.145. The molecule has 1 unspecified atom stereocenters. The van der Waals surface area contributed by atoms with E-state index in [-0.39, 0.29) is 12.6 Å². The van der Waals surface area contributed by atoms with Gasteiger partial charge in [-0.15, -0.1) is 0 Å². The third-order valence-electron chi connectivity index (χ3n) is 2.51. The summed E-state index contributed by atoms with van der Waals surface area (Å²) in [6.45, 7) is 1.13. The predicted octanol–water partition coefficient (Wildman–Crippen LogP) is 2.49. The van der Waals surface area contributed by atoms with Crippen molar-refractivity contribution in [1.29, 1.82) is 0 Å². The van der Waals surface area contributed by atoms with Gasteiger partial charge in [-0.25, -0.2) is 0 Å². The number of rotatable bonds is 4. The van der Waals surface area contributed by atoms with Gasteiger partial charge in [0.25, 0.3) is 0 Å². The van der Waals surface area contributed by atoms with E-state index in [2.05, 4.69) is 5.32 Å². The van der Waals surface area contributed by atoms with E-state index in [1.807, 2.05) is 0 Å². The maximum atomic E-state index is 11.8. The van der Waals surface area contributed by atoms with E-state index < -0.39 is 12.6 Å². The molecule has 0 aromatic rings. The summed E-state index contributed by atoms with van der Waals surface area (Å²) in [4.78, 5) is 0. The largest absolute Gasteiger partial charge is 0.391 e. The van der Waals surface area contributed by atoms with Crippen LogP contribution in [0.4, 0.5) is 13.2 Å². The van der Waals surface area contributed by atoms with Crippen LogP contribution in [0.5, 0.6) is 0 Å². The summed E-state index contributed by atoms with van der Waals surface area (Å²) in [5.41, 5.74) is 0. The molecule has 1 aliphatic heterocycles. The standard InChI is InChI=1S/C10H18F3NO/c11-10(12,13)5-7-15-8-9-4-2-1-3-6-14-9/h9,14H,1-8H2. The molecule has 1 saturated heterocycles. The highest BCUT2D eigenvalue weighted by Gasteiger charge is 2.26. The quantitative estimate of drug-likeness (QED) is 0.742. The van der Waals surface area contributed by atoms with Gasteiger partial charge in [0, 0.05) is 6.04 Å². The molecule has 0 spiro atoms. The lowest BCUT2D eigenvalue weighted by Crippen LogP contribution is -2.33. The Balaban J connectivity index is 2.03. The van der Waals surface area contributed by atoms with E-state index in [1.165, 1.54) is 6.42 Å². The van der Waals surface area contributed by atoms with Crippen molar-refractivity contribution in [2.75, 3.05) is 19.8 Å². The van der Waals surface area contributed by atoms with Crippen molar-refractivity contribution in [2.24, 2.45) is 0 Å². The SMILES string of the molecule is FC(F)(F)CCOCC1CCCCCN1. The number of halogens is 3. The van der Waals surface area contributed by atoms with Gasteiger partial charge >= 0.3 is 6.18 Å². The molecule has 0 aliphatic carbocycles. The topological polar surface area (TPSA) is 21.3 Å². The molecular formula is C10H18F3NO. The average molecular weight is 225 g/mol. The van der Waals surface area contributed by atoms with Crippen LogP contribution in [0.25, 0.3) is 0 Å². The molecule has 1 rings (SSSR count). The van der Waals surface area contributed by atoms with Gasteiger partial charge in [0.2, 0.25) is 0 Å². The normalized spacial score (nSPS) is 23.8. The van der Waals surface area contributed by atoms with Gasteiger partial charge < -0.3 is 10.1 Å². The number of hydrogen-bond acceptors (Lipinski definition) is 2. The molecule has 0 bridgehead atoms. The zero-order valence-corrected chi connectivity index (χ0v) is 8.78. The number of hydrogen-bond donors (Lipinski definition) is 1. The van der Waals surface area contributed by atoms with E-state index in [0.717, 1.165) is 25.8 Å². The minimum atomic E-state index is -4.10. The second-order valence-corrected chi connectivity index (χ2v) is 3.94. The molecule has 1 fully saturated rings. The monoisotopic (exact) mass is 225 g/mol. The van der Waals surface area contributed by atoms with Crippen molar-refractivity contribution in [1.82, 2.24) is 5.32 Å². The van der Waals surface area contributed by atoms with Crippen molar-refractivity contribution >= 4 is 0 Å². The van der Waals surface area contributed by atoms with Crippen LogP contribution in [-0.2, 0) is 4.74 Å². The van der Waals surface area contributed by atoms with Crippen molar-refractivity contribution in [3.05, 3.63) is 0 Å². The Morgan fingerprint density at radius 3 is 2.73 bits per heavy atom. The molecule has 0 aromatic carbocycles. The second kappa shape index (κ2) is 6.33. The summed E-state index contributed by atoms with van der Waals surface area (Å²) in [5, 5.41) is 3.27. The van der Waals surface area contributed by atoms with Gasteiger partial charge in [-0.1, -0.05) is 12.8 Å². The molecule has 1 atom stereocenters. The molecule has 2 nitrogen and oxygen atoms in total. The van der Waals surface area contributed by atoms with Crippen molar-refractivity contribution in [3.8, 4) is 0 Å². The fourth-order valence-electron chi connectivity index (χ4n) is 1.66. The Hall–Kier alpha value is -0.290. The highest BCUT2D eigenvalue weighted by molar-refractivity contribution is 4.69. The van der Waals surface area contributed by atoms with Gasteiger partial charge in [-0.3, -0.25) is 0 Å². The summed E-state index contributed by atoms with van der Waals surface area (Å²) in [7, 11) is 0.